The Hall–Kier alpha value is -2.02. The van der Waals surface area contributed by atoms with Crippen molar-refractivity contribution in [1.82, 2.24) is 16.2 Å². The number of hydrogen-bond donors (Lipinski definition) is 4. The van der Waals surface area contributed by atoms with Crippen LogP contribution in [0.5, 0.6) is 0 Å². The lowest BCUT2D eigenvalue weighted by Crippen LogP contribution is -2.50. The zero-order valence-corrected chi connectivity index (χ0v) is 18.3. The predicted molar refractivity (Wildman–Crippen MR) is 124 cm³/mol. The molecule has 1 saturated carbocycles. The second-order valence-corrected chi connectivity index (χ2v) is 8.26. The van der Waals surface area contributed by atoms with Gasteiger partial charge in [0.2, 0.25) is 5.91 Å². The van der Waals surface area contributed by atoms with E-state index in [9.17, 15) is 4.79 Å². The van der Waals surface area contributed by atoms with Crippen molar-refractivity contribution in [1.29, 1.82) is 0 Å². The van der Waals surface area contributed by atoms with Crippen LogP contribution >= 0.6 is 35.4 Å². The number of benzene rings is 2. The molecule has 0 heterocycles. The molecule has 5 nitrogen and oxygen atoms in total. The second kappa shape index (κ2) is 10.7. The third-order valence-electron chi connectivity index (χ3n) is 4.85. The van der Waals surface area contributed by atoms with Crippen molar-refractivity contribution in [3.05, 3.63) is 58.1 Å². The molecule has 1 aliphatic carbocycles. The van der Waals surface area contributed by atoms with Gasteiger partial charge in [-0.3, -0.25) is 15.6 Å². The van der Waals surface area contributed by atoms with Crippen LogP contribution in [0.25, 0.3) is 0 Å². The van der Waals surface area contributed by atoms with Gasteiger partial charge in [-0.05, 0) is 48.8 Å². The van der Waals surface area contributed by atoms with E-state index in [0.29, 0.717) is 26.9 Å². The molecule has 3 rings (SSSR count). The van der Waals surface area contributed by atoms with Gasteiger partial charge < -0.3 is 10.6 Å². The van der Waals surface area contributed by atoms with E-state index in [2.05, 4.69) is 21.5 Å². The minimum absolute atomic E-state index is 0.171. The molecule has 0 unspecified atom stereocenters. The summed E-state index contributed by atoms with van der Waals surface area (Å²) in [6.07, 6.45) is 6.10. The molecule has 0 radical (unpaired) electrons. The van der Waals surface area contributed by atoms with E-state index in [4.69, 9.17) is 35.4 Å². The van der Waals surface area contributed by atoms with Crippen LogP contribution in [0.4, 0.5) is 11.4 Å². The molecule has 4 N–H and O–H groups in total. The molecule has 8 heteroatoms. The quantitative estimate of drug-likeness (QED) is 0.376. The van der Waals surface area contributed by atoms with Crippen molar-refractivity contribution in [2.75, 3.05) is 5.32 Å². The van der Waals surface area contributed by atoms with Crippen LogP contribution in [0.1, 0.15) is 37.7 Å². The molecule has 0 saturated heterocycles. The first-order valence-electron chi connectivity index (χ1n) is 9.67. The number of hydrazine groups is 1. The van der Waals surface area contributed by atoms with E-state index in [1.54, 1.807) is 18.2 Å². The molecule has 0 aliphatic heterocycles. The van der Waals surface area contributed by atoms with Crippen molar-refractivity contribution in [3.8, 4) is 0 Å². The first kappa shape index (κ1) is 21.7. The average molecular weight is 451 g/mol. The molecule has 0 bridgehead atoms. The molecule has 0 aromatic heterocycles. The number of thiocarbonyl (C=S) groups is 1. The summed E-state index contributed by atoms with van der Waals surface area (Å²) in [7, 11) is 0. The number of para-hydroxylation sites is 2. The molecule has 1 amide bonds. The fourth-order valence-electron chi connectivity index (χ4n) is 3.36. The van der Waals surface area contributed by atoms with E-state index in [0.717, 1.165) is 24.1 Å². The topological polar surface area (TPSA) is 65.2 Å². The number of rotatable bonds is 5. The van der Waals surface area contributed by atoms with Crippen LogP contribution < -0.4 is 21.5 Å². The van der Waals surface area contributed by atoms with Gasteiger partial charge in [0.25, 0.3) is 0 Å². The molecule has 0 atom stereocenters. The molecule has 29 heavy (non-hydrogen) atoms. The Morgan fingerprint density at radius 1 is 0.966 bits per heavy atom. The van der Waals surface area contributed by atoms with E-state index in [1.807, 2.05) is 24.3 Å². The minimum atomic E-state index is -0.197. The standard InChI is InChI=1S/C21H24Cl2N4OS/c22-16-10-6-11-17(23)20(16)25-18-12-5-4-7-14(18)13-19(28)26-27-21(29)24-15-8-2-1-3-9-15/h4-7,10-12,15,25H,1-3,8-9,13H2,(H,26,28)(H2,24,27,29). The summed E-state index contributed by atoms with van der Waals surface area (Å²) in [5, 5.41) is 7.96. The summed E-state index contributed by atoms with van der Waals surface area (Å²) in [6.45, 7) is 0. The van der Waals surface area contributed by atoms with Gasteiger partial charge in [0.1, 0.15) is 0 Å². The van der Waals surface area contributed by atoms with Crippen LogP contribution in [0.3, 0.4) is 0 Å². The van der Waals surface area contributed by atoms with E-state index in [-0.39, 0.29) is 12.3 Å². The van der Waals surface area contributed by atoms with Crippen LogP contribution in [0.15, 0.2) is 42.5 Å². The average Bonchev–Trinajstić information content (AvgIpc) is 2.71. The maximum atomic E-state index is 12.4. The first-order valence-corrected chi connectivity index (χ1v) is 10.8. The summed E-state index contributed by atoms with van der Waals surface area (Å²) < 4.78 is 0. The summed E-state index contributed by atoms with van der Waals surface area (Å²) >= 11 is 17.8. The maximum absolute atomic E-state index is 12.4. The normalized spacial score (nSPS) is 14.1. The van der Waals surface area contributed by atoms with Crippen molar-refractivity contribution < 1.29 is 4.79 Å². The Bertz CT molecular complexity index is 851. The van der Waals surface area contributed by atoms with Crippen molar-refractivity contribution in [2.45, 2.75) is 44.6 Å². The van der Waals surface area contributed by atoms with Gasteiger partial charge in [0.05, 0.1) is 22.2 Å². The highest BCUT2D eigenvalue weighted by Crippen LogP contribution is 2.33. The van der Waals surface area contributed by atoms with E-state index >= 15 is 0 Å². The summed E-state index contributed by atoms with van der Waals surface area (Å²) in [5.41, 5.74) is 7.65. The summed E-state index contributed by atoms with van der Waals surface area (Å²) in [5.74, 6) is -0.197. The zero-order chi connectivity index (χ0) is 20.6. The lowest BCUT2D eigenvalue weighted by atomic mass is 9.96. The number of carbonyl (C=O) groups excluding carboxylic acids is 1. The van der Waals surface area contributed by atoms with Crippen LogP contribution in [0, 0.1) is 0 Å². The fraction of sp³-hybridized carbons (Fsp3) is 0.333. The third-order valence-corrected chi connectivity index (χ3v) is 5.70. The number of hydrogen-bond acceptors (Lipinski definition) is 3. The Labute approximate surface area is 186 Å². The maximum Gasteiger partial charge on any atom is 0.242 e. The van der Waals surface area contributed by atoms with Gasteiger partial charge in [0, 0.05) is 11.7 Å². The highest BCUT2D eigenvalue weighted by molar-refractivity contribution is 7.80. The van der Waals surface area contributed by atoms with Crippen molar-refractivity contribution >= 4 is 57.8 Å². The highest BCUT2D eigenvalue weighted by Gasteiger charge is 2.15. The van der Waals surface area contributed by atoms with Crippen LogP contribution in [0.2, 0.25) is 10.0 Å². The molecule has 1 fully saturated rings. The van der Waals surface area contributed by atoms with E-state index < -0.39 is 0 Å². The van der Waals surface area contributed by atoms with Gasteiger partial charge in [0.15, 0.2) is 5.11 Å². The molecule has 1 aliphatic rings. The van der Waals surface area contributed by atoms with Crippen molar-refractivity contribution in [2.24, 2.45) is 0 Å². The lowest BCUT2D eigenvalue weighted by molar-refractivity contribution is -0.121. The van der Waals surface area contributed by atoms with Crippen molar-refractivity contribution in [3.63, 3.8) is 0 Å². The molecular formula is C21H24Cl2N4OS. The molecular weight excluding hydrogens is 427 g/mol. The van der Waals surface area contributed by atoms with E-state index in [1.165, 1.54) is 19.3 Å². The summed E-state index contributed by atoms with van der Waals surface area (Å²) in [4.78, 5) is 12.4. The molecule has 2 aromatic carbocycles. The zero-order valence-electron chi connectivity index (χ0n) is 15.9. The van der Waals surface area contributed by atoms with Gasteiger partial charge in [-0.15, -0.1) is 0 Å². The number of anilines is 2. The highest BCUT2D eigenvalue weighted by atomic mass is 35.5. The fourth-order valence-corrected chi connectivity index (χ4v) is 4.07. The Balaban J connectivity index is 1.56. The Morgan fingerprint density at radius 2 is 1.66 bits per heavy atom. The Morgan fingerprint density at radius 3 is 2.38 bits per heavy atom. The monoisotopic (exact) mass is 450 g/mol. The minimum Gasteiger partial charge on any atom is -0.359 e. The van der Waals surface area contributed by atoms with Gasteiger partial charge in [-0.2, -0.15) is 0 Å². The molecule has 0 spiro atoms. The Kier molecular flexibility index (Phi) is 7.98. The predicted octanol–water partition coefficient (Wildman–Crippen LogP) is 5.11. The second-order valence-electron chi connectivity index (χ2n) is 7.04. The first-order chi connectivity index (χ1) is 14.0. The number of carbonyl (C=O) groups is 1. The third kappa shape index (κ3) is 6.49. The SMILES string of the molecule is O=C(Cc1ccccc1Nc1c(Cl)cccc1Cl)NNC(=S)NC1CCCCC1. The summed E-state index contributed by atoms with van der Waals surface area (Å²) in [6, 6.07) is 13.2. The lowest BCUT2D eigenvalue weighted by Gasteiger charge is -2.24. The largest absolute Gasteiger partial charge is 0.359 e. The van der Waals surface area contributed by atoms with Crippen LogP contribution in [-0.2, 0) is 11.2 Å². The van der Waals surface area contributed by atoms with Gasteiger partial charge in [-0.1, -0.05) is 66.7 Å². The molecule has 154 valence electrons. The molecule has 2 aromatic rings. The number of nitrogens with one attached hydrogen (secondary N) is 4. The smallest absolute Gasteiger partial charge is 0.242 e. The van der Waals surface area contributed by atoms with Gasteiger partial charge in [-0.25, -0.2) is 0 Å². The number of amides is 1. The van der Waals surface area contributed by atoms with Crippen LogP contribution in [-0.4, -0.2) is 17.1 Å². The number of halogens is 2. The van der Waals surface area contributed by atoms with Gasteiger partial charge >= 0.3 is 0 Å².